The summed E-state index contributed by atoms with van der Waals surface area (Å²) >= 11 is 0. The predicted molar refractivity (Wildman–Crippen MR) is 96.0 cm³/mol. The lowest BCUT2D eigenvalue weighted by Crippen LogP contribution is -2.35. The van der Waals surface area contributed by atoms with Gasteiger partial charge in [-0.05, 0) is 32.4 Å². The van der Waals surface area contributed by atoms with Gasteiger partial charge < -0.3 is 15.0 Å². The third kappa shape index (κ3) is 3.25. The Morgan fingerprint density at radius 3 is 2.46 bits per heavy atom. The Labute approximate surface area is 141 Å². The monoisotopic (exact) mass is 322 g/mol. The first kappa shape index (κ1) is 16.1. The number of imidazole rings is 1. The van der Waals surface area contributed by atoms with Gasteiger partial charge in [0.2, 0.25) is 0 Å². The number of urea groups is 1. The van der Waals surface area contributed by atoms with Gasteiger partial charge in [0.05, 0.1) is 17.9 Å². The number of rotatable bonds is 4. The number of aryl methyl sites for hydroxylation is 2. The molecule has 0 fully saturated rings. The number of hydrogen-bond donors (Lipinski definition) is 2. The van der Waals surface area contributed by atoms with Gasteiger partial charge in [0.15, 0.2) is 0 Å². The van der Waals surface area contributed by atoms with Crippen LogP contribution >= 0.6 is 0 Å². The highest BCUT2D eigenvalue weighted by Crippen LogP contribution is 2.25. The van der Waals surface area contributed by atoms with Crippen molar-refractivity contribution in [2.75, 3.05) is 6.54 Å². The number of benzene rings is 1. The number of aromatic nitrogens is 2. The van der Waals surface area contributed by atoms with Crippen molar-refractivity contribution in [3.63, 3.8) is 0 Å². The Balaban J connectivity index is 2.05. The topological polar surface area (TPSA) is 58.4 Å². The highest BCUT2D eigenvalue weighted by Gasteiger charge is 2.14. The van der Waals surface area contributed by atoms with E-state index in [0.717, 1.165) is 28.2 Å². The molecule has 2 heterocycles. The van der Waals surface area contributed by atoms with Crippen molar-refractivity contribution in [1.82, 2.24) is 20.0 Å². The fourth-order valence-electron chi connectivity index (χ4n) is 2.70. The zero-order valence-corrected chi connectivity index (χ0v) is 14.3. The number of fused-ring (bicyclic) bond motifs is 1. The molecule has 0 aliphatic heterocycles. The number of nitrogens with zero attached hydrogens (tertiary/aromatic N) is 2. The third-order valence-electron chi connectivity index (χ3n) is 3.94. The zero-order valence-electron chi connectivity index (χ0n) is 14.3. The summed E-state index contributed by atoms with van der Waals surface area (Å²) < 4.78 is 2.05. The SMILES string of the molecule is CCNC(=O)NCc1c(-c2ccc(C)cc2)nc2ccc(C)cn12. The fraction of sp³-hybridized carbons (Fsp3) is 0.263. The minimum Gasteiger partial charge on any atom is -0.338 e. The maximum absolute atomic E-state index is 11.8. The molecule has 5 heteroatoms. The van der Waals surface area contributed by atoms with Crippen molar-refractivity contribution in [2.24, 2.45) is 0 Å². The molecule has 124 valence electrons. The molecule has 5 nitrogen and oxygen atoms in total. The van der Waals surface area contributed by atoms with Crippen LogP contribution in [0, 0.1) is 13.8 Å². The average molecular weight is 322 g/mol. The zero-order chi connectivity index (χ0) is 17.1. The maximum atomic E-state index is 11.8. The molecule has 2 N–H and O–H groups in total. The normalized spacial score (nSPS) is 10.8. The first-order valence-corrected chi connectivity index (χ1v) is 8.15. The molecule has 0 spiro atoms. The van der Waals surface area contributed by atoms with E-state index in [2.05, 4.69) is 52.4 Å². The van der Waals surface area contributed by atoms with E-state index in [4.69, 9.17) is 4.98 Å². The quantitative estimate of drug-likeness (QED) is 0.773. The smallest absolute Gasteiger partial charge is 0.315 e. The molecule has 0 atom stereocenters. The van der Waals surface area contributed by atoms with Gasteiger partial charge in [0.1, 0.15) is 5.65 Å². The fourth-order valence-corrected chi connectivity index (χ4v) is 2.70. The molecule has 24 heavy (non-hydrogen) atoms. The number of carbonyl (C=O) groups excluding carboxylic acids is 1. The molecule has 2 amide bonds. The highest BCUT2D eigenvalue weighted by molar-refractivity contribution is 5.74. The van der Waals surface area contributed by atoms with Crippen LogP contribution in [0.25, 0.3) is 16.9 Å². The van der Waals surface area contributed by atoms with Crippen LogP contribution in [0.3, 0.4) is 0 Å². The Morgan fingerprint density at radius 1 is 1.04 bits per heavy atom. The second kappa shape index (κ2) is 6.74. The van der Waals surface area contributed by atoms with Crippen molar-refractivity contribution in [1.29, 1.82) is 0 Å². The van der Waals surface area contributed by atoms with E-state index in [-0.39, 0.29) is 6.03 Å². The molecule has 0 aliphatic rings. The van der Waals surface area contributed by atoms with E-state index < -0.39 is 0 Å². The third-order valence-corrected chi connectivity index (χ3v) is 3.94. The van der Waals surface area contributed by atoms with E-state index >= 15 is 0 Å². The largest absolute Gasteiger partial charge is 0.338 e. The van der Waals surface area contributed by atoms with E-state index in [1.165, 1.54) is 5.56 Å². The number of nitrogens with one attached hydrogen (secondary N) is 2. The molecule has 0 unspecified atom stereocenters. The summed E-state index contributed by atoms with van der Waals surface area (Å²) in [4.78, 5) is 16.6. The maximum Gasteiger partial charge on any atom is 0.315 e. The number of carbonyl (C=O) groups is 1. The molecule has 3 aromatic rings. The molecule has 2 aromatic heterocycles. The van der Waals surface area contributed by atoms with Crippen LogP contribution in [0.2, 0.25) is 0 Å². The van der Waals surface area contributed by atoms with Gasteiger partial charge in [0.25, 0.3) is 0 Å². The summed E-state index contributed by atoms with van der Waals surface area (Å²) in [5, 5.41) is 5.66. The lowest BCUT2D eigenvalue weighted by Gasteiger charge is -2.09. The summed E-state index contributed by atoms with van der Waals surface area (Å²) in [5.74, 6) is 0. The van der Waals surface area contributed by atoms with Crippen LogP contribution in [-0.4, -0.2) is 22.0 Å². The summed E-state index contributed by atoms with van der Waals surface area (Å²) in [7, 11) is 0. The van der Waals surface area contributed by atoms with Gasteiger partial charge in [-0.3, -0.25) is 0 Å². The summed E-state index contributed by atoms with van der Waals surface area (Å²) in [5.41, 5.74) is 6.16. The molecule has 0 radical (unpaired) electrons. The Morgan fingerprint density at radius 2 is 1.75 bits per heavy atom. The molecule has 3 rings (SSSR count). The van der Waals surface area contributed by atoms with Gasteiger partial charge in [0, 0.05) is 18.3 Å². The van der Waals surface area contributed by atoms with Crippen molar-refractivity contribution in [2.45, 2.75) is 27.3 Å². The molecular weight excluding hydrogens is 300 g/mol. The molecular formula is C19H22N4O. The van der Waals surface area contributed by atoms with E-state index in [9.17, 15) is 4.79 Å². The van der Waals surface area contributed by atoms with E-state index in [0.29, 0.717) is 13.1 Å². The second-order valence-corrected chi connectivity index (χ2v) is 5.92. The van der Waals surface area contributed by atoms with Crippen LogP contribution in [-0.2, 0) is 6.54 Å². The van der Waals surface area contributed by atoms with Crippen LogP contribution in [0.5, 0.6) is 0 Å². The molecule has 0 saturated carbocycles. The second-order valence-electron chi connectivity index (χ2n) is 5.92. The van der Waals surface area contributed by atoms with Gasteiger partial charge in [-0.1, -0.05) is 35.9 Å². The summed E-state index contributed by atoms with van der Waals surface area (Å²) in [6.45, 7) is 7.03. The van der Waals surface area contributed by atoms with Crippen LogP contribution in [0.15, 0.2) is 42.6 Å². The Hall–Kier alpha value is -2.82. The molecule has 0 saturated heterocycles. The lowest BCUT2D eigenvalue weighted by atomic mass is 10.1. The van der Waals surface area contributed by atoms with Crippen molar-refractivity contribution >= 4 is 11.7 Å². The van der Waals surface area contributed by atoms with Gasteiger partial charge in [-0.15, -0.1) is 0 Å². The predicted octanol–water partition coefficient (Wildman–Crippen LogP) is 3.44. The minimum absolute atomic E-state index is 0.171. The average Bonchev–Trinajstić information content (AvgIpc) is 2.91. The Bertz CT molecular complexity index is 865. The Kier molecular flexibility index (Phi) is 4.51. The van der Waals surface area contributed by atoms with Crippen LogP contribution < -0.4 is 10.6 Å². The van der Waals surface area contributed by atoms with Crippen molar-refractivity contribution < 1.29 is 4.79 Å². The van der Waals surface area contributed by atoms with E-state index in [1.54, 1.807) is 0 Å². The standard InChI is InChI=1S/C19H22N4O/c1-4-20-19(24)21-11-16-18(15-8-5-13(2)6-9-15)22-17-10-7-14(3)12-23(16)17/h5-10,12H,4,11H2,1-3H3,(H2,20,21,24). The number of hydrogen-bond acceptors (Lipinski definition) is 2. The van der Waals surface area contributed by atoms with Gasteiger partial charge in [-0.2, -0.15) is 0 Å². The van der Waals surface area contributed by atoms with Gasteiger partial charge in [-0.25, -0.2) is 9.78 Å². The number of pyridine rings is 1. The lowest BCUT2D eigenvalue weighted by molar-refractivity contribution is 0.241. The summed E-state index contributed by atoms with van der Waals surface area (Å²) in [6, 6.07) is 12.2. The summed E-state index contributed by atoms with van der Waals surface area (Å²) in [6.07, 6.45) is 2.05. The molecule has 0 bridgehead atoms. The molecule has 1 aromatic carbocycles. The molecule has 0 aliphatic carbocycles. The first-order chi connectivity index (χ1) is 11.6. The van der Waals surface area contributed by atoms with Crippen molar-refractivity contribution in [3.8, 4) is 11.3 Å². The highest BCUT2D eigenvalue weighted by atomic mass is 16.2. The van der Waals surface area contributed by atoms with Crippen LogP contribution in [0.1, 0.15) is 23.7 Å². The van der Waals surface area contributed by atoms with Crippen molar-refractivity contribution in [3.05, 3.63) is 59.4 Å². The minimum atomic E-state index is -0.171. The van der Waals surface area contributed by atoms with Crippen LogP contribution in [0.4, 0.5) is 4.79 Å². The van der Waals surface area contributed by atoms with E-state index in [1.807, 2.05) is 26.0 Å². The first-order valence-electron chi connectivity index (χ1n) is 8.15. The number of amides is 2. The van der Waals surface area contributed by atoms with Gasteiger partial charge >= 0.3 is 6.03 Å².